The van der Waals surface area contributed by atoms with Gasteiger partial charge in [-0.2, -0.15) is 0 Å². The summed E-state index contributed by atoms with van der Waals surface area (Å²) in [4.78, 5) is 13.3. The van der Waals surface area contributed by atoms with Crippen LogP contribution in [0.3, 0.4) is 0 Å². The van der Waals surface area contributed by atoms with E-state index in [1.54, 1.807) is 12.1 Å². The molecule has 0 radical (unpaired) electrons. The number of anilines is 2. The molecule has 3 aromatic carbocycles. The number of benzene rings is 3. The number of nitrogens with zero attached hydrogens (tertiary/aromatic N) is 1. The van der Waals surface area contributed by atoms with Crippen LogP contribution in [0.15, 0.2) is 90.4 Å². The highest BCUT2D eigenvalue weighted by atomic mass is 32.2. The van der Waals surface area contributed by atoms with Gasteiger partial charge in [0.15, 0.2) is 4.91 Å². The highest BCUT2D eigenvalue weighted by Crippen LogP contribution is 2.42. The number of fused-ring (bicyclic) bond motifs is 1. The third-order valence-corrected chi connectivity index (χ3v) is 7.09. The van der Waals surface area contributed by atoms with Gasteiger partial charge in [0.1, 0.15) is 0 Å². The van der Waals surface area contributed by atoms with Crippen molar-refractivity contribution in [2.45, 2.75) is 13.8 Å². The van der Waals surface area contributed by atoms with Crippen LogP contribution in [0.25, 0.3) is 5.57 Å². The highest BCUT2D eigenvalue weighted by Gasteiger charge is 2.40. The second-order valence-electron chi connectivity index (χ2n) is 7.74. The van der Waals surface area contributed by atoms with E-state index in [2.05, 4.69) is 11.9 Å². The quantitative estimate of drug-likeness (QED) is 0.561. The molecule has 3 aromatic rings. The molecule has 0 aliphatic carbocycles. The van der Waals surface area contributed by atoms with Gasteiger partial charge < -0.3 is 5.32 Å². The fourth-order valence-electron chi connectivity index (χ4n) is 4.06. The Morgan fingerprint density at radius 2 is 1.59 bits per heavy atom. The number of nitrogens with one attached hydrogen (secondary N) is 1. The molecule has 0 bridgehead atoms. The van der Waals surface area contributed by atoms with Crippen molar-refractivity contribution >= 4 is 32.9 Å². The van der Waals surface area contributed by atoms with Crippen LogP contribution >= 0.6 is 0 Å². The van der Waals surface area contributed by atoms with E-state index in [9.17, 15) is 13.2 Å². The van der Waals surface area contributed by atoms with Gasteiger partial charge in [0.25, 0.3) is 15.9 Å². The Kier molecular flexibility index (Phi) is 5.72. The average Bonchev–Trinajstić information content (AvgIpc) is 2.75. The topological polar surface area (TPSA) is 66.5 Å². The Morgan fingerprint density at radius 3 is 2.25 bits per heavy atom. The summed E-state index contributed by atoms with van der Waals surface area (Å²) in [5.41, 5.74) is 4.76. The van der Waals surface area contributed by atoms with Gasteiger partial charge in [-0.15, -0.1) is 6.58 Å². The van der Waals surface area contributed by atoms with Gasteiger partial charge in [-0.1, -0.05) is 60.7 Å². The van der Waals surface area contributed by atoms with E-state index in [1.807, 2.05) is 74.5 Å². The van der Waals surface area contributed by atoms with Crippen LogP contribution in [0.4, 0.5) is 11.4 Å². The van der Waals surface area contributed by atoms with Crippen LogP contribution in [0.2, 0.25) is 0 Å². The number of aryl methyl sites for hydroxylation is 2. The second-order valence-corrected chi connectivity index (χ2v) is 9.54. The lowest BCUT2D eigenvalue weighted by Crippen LogP contribution is -2.39. The Balaban J connectivity index is 1.98. The summed E-state index contributed by atoms with van der Waals surface area (Å²) in [7, 11) is -4.15. The highest BCUT2D eigenvalue weighted by molar-refractivity contribution is 7.97. The predicted octanol–water partition coefficient (Wildman–Crippen LogP) is 5.04. The molecular formula is C26H24N2O3S. The molecule has 0 aromatic heterocycles. The predicted molar refractivity (Wildman–Crippen MR) is 130 cm³/mol. The molecule has 0 unspecified atom stereocenters. The van der Waals surface area contributed by atoms with Crippen LogP contribution in [-0.4, -0.2) is 20.9 Å². The number of hydrogen-bond donors (Lipinski definition) is 1. The first kappa shape index (κ1) is 21.6. The lowest BCUT2D eigenvalue weighted by atomic mass is 9.95. The summed E-state index contributed by atoms with van der Waals surface area (Å²) < 4.78 is 28.8. The fraction of sp³-hybridized carbons (Fsp3) is 0.115. The fourth-order valence-corrected chi connectivity index (χ4v) is 5.78. The monoisotopic (exact) mass is 444 g/mol. The first-order chi connectivity index (χ1) is 15.3. The largest absolute Gasteiger partial charge is 0.321 e. The van der Waals surface area contributed by atoms with Crippen molar-refractivity contribution in [3.05, 3.63) is 113 Å². The van der Waals surface area contributed by atoms with Crippen molar-refractivity contribution in [2.24, 2.45) is 0 Å². The number of carbonyl (C=O) groups excluding carboxylic acids is 1. The molecule has 32 heavy (non-hydrogen) atoms. The summed E-state index contributed by atoms with van der Waals surface area (Å²) in [5, 5.41) is 2.81. The van der Waals surface area contributed by atoms with Crippen molar-refractivity contribution in [3.8, 4) is 0 Å². The number of hydrogen-bond acceptors (Lipinski definition) is 3. The lowest BCUT2D eigenvalue weighted by Gasteiger charge is -2.32. The Morgan fingerprint density at radius 1 is 0.969 bits per heavy atom. The molecule has 162 valence electrons. The van der Waals surface area contributed by atoms with Crippen LogP contribution in [0.5, 0.6) is 0 Å². The summed E-state index contributed by atoms with van der Waals surface area (Å²) in [6.45, 7) is 7.62. The molecule has 0 atom stereocenters. The smallest absolute Gasteiger partial charge is 0.270 e. The molecule has 1 aliphatic heterocycles. The molecule has 0 saturated heterocycles. The maximum atomic E-state index is 13.8. The molecule has 5 nitrogen and oxygen atoms in total. The van der Waals surface area contributed by atoms with E-state index in [0.717, 1.165) is 11.1 Å². The Labute approximate surface area is 188 Å². The minimum Gasteiger partial charge on any atom is -0.321 e. The zero-order valence-electron chi connectivity index (χ0n) is 18.0. The first-order valence-electron chi connectivity index (χ1n) is 10.3. The maximum Gasteiger partial charge on any atom is 0.270 e. The van der Waals surface area contributed by atoms with E-state index in [1.165, 1.54) is 10.4 Å². The molecule has 1 aliphatic rings. The maximum absolute atomic E-state index is 13.8. The van der Waals surface area contributed by atoms with E-state index < -0.39 is 15.9 Å². The molecule has 4 rings (SSSR count). The van der Waals surface area contributed by atoms with Gasteiger partial charge >= 0.3 is 0 Å². The number of amides is 1. The van der Waals surface area contributed by atoms with E-state index in [-0.39, 0.29) is 11.4 Å². The summed E-state index contributed by atoms with van der Waals surface area (Å²) in [6, 6.07) is 22.0. The van der Waals surface area contributed by atoms with Crippen molar-refractivity contribution < 1.29 is 13.2 Å². The van der Waals surface area contributed by atoms with Gasteiger partial charge in [-0.3, -0.25) is 9.10 Å². The zero-order valence-corrected chi connectivity index (χ0v) is 18.8. The Hall–Kier alpha value is -3.64. The van der Waals surface area contributed by atoms with Crippen molar-refractivity contribution in [1.82, 2.24) is 0 Å². The zero-order chi connectivity index (χ0) is 22.9. The number of para-hydroxylation sites is 1. The van der Waals surface area contributed by atoms with Crippen LogP contribution in [0, 0.1) is 13.8 Å². The second kappa shape index (κ2) is 8.48. The molecule has 6 heteroatoms. The van der Waals surface area contributed by atoms with E-state index in [0.29, 0.717) is 28.1 Å². The van der Waals surface area contributed by atoms with Crippen LogP contribution in [-0.2, 0) is 14.8 Å². The molecule has 0 fully saturated rings. The average molecular weight is 445 g/mol. The van der Waals surface area contributed by atoms with E-state index >= 15 is 0 Å². The molecule has 0 spiro atoms. The number of rotatable bonds is 5. The van der Waals surface area contributed by atoms with Crippen molar-refractivity contribution in [2.75, 3.05) is 16.2 Å². The summed E-state index contributed by atoms with van der Waals surface area (Å²) >= 11 is 0. The standard InChI is InChI=1S/C26H24N2O3S/c1-4-14-28-23-13-9-8-12-22(23)24(20-10-6-5-7-11-20)25(32(28,30)31)26(29)27-21-16-18(2)15-19(3)17-21/h4-13,15-17H,1,14H2,2-3H3,(H,27,29). The molecule has 0 saturated carbocycles. The normalized spacial score (nSPS) is 14.6. The Bertz CT molecular complexity index is 1320. The van der Waals surface area contributed by atoms with E-state index in [4.69, 9.17) is 0 Å². The summed E-state index contributed by atoms with van der Waals surface area (Å²) in [6.07, 6.45) is 1.52. The van der Waals surface area contributed by atoms with Gasteiger partial charge in [0.2, 0.25) is 0 Å². The number of sulfonamides is 1. The van der Waals surface area contributed by atoms with Gasteiger partial charge in [0, 0.05) is 16.8 Å². The number of carbonyl (C=O) groups is 1. The molecule has 1 N–H and O–H groups in total. The lowest BCUT2D eigenvalue weighted by molar-refractivity contribution is -0.112. The minimum absolute atomic E-state index is 0.0573. The summed E-state index contributed by atoms with van der Waals surface area (Å²) in [5.74, 6) is -0.669. The van der Waals surface area contributed by atoms with Crippen molar-refractivity contribution in [1.29, 1.82) is 0 Å². The van der Waals surface area contributed by atoms with Crippen LogP contribution in [0.1, 0.15) is 22.3 Å². The third-order valence-electron chi connectivity index (χ3n) is 5.26. The minimum atomic E-state index is -4.15. The molecular weight excluding hydrogens is 420 g/mol. The molecule has 1 heterocycles. The van der Waals surface area contributed by atoms with Crippen molar-refractivity contribution in [3.63, 3.8) is 0 Å². The first-order valence-corrected chi connectivity index (χ1v) is 11.7. The SMILES string of the molecule is C=CCN1c2ccccc2C(c2ccccc2)=C(C(=O)Nc2cc(C)cc(C)c2)S1(=O)=O. The third kappa shape index (κ3) is 3.85. The molecule has 1 amide bonds. The van der Waals surface area contributed by atoms with Gasteiger partial charge in [-0.05, 0) is 48.7 Å². The van der Waals surface area contributed by atoms with Gasteiger partial charge in [-0.25, -0.2) is 8.42 Å². The van der Waals surface area contributed by atoms with Crippen LogP contribution < -0.4 is 9.62 Å². The van der Waals surface area contributed by atoms with Gasteiger partial charge in [0.05, 0.1) is 12.2 Å².